The molecule has 0 aromatic carbocycles. The van der Waals surface area contributed by atoms with Gasteiger partial charge in [0.15, 0.2) is 0 Å². The van der Waals surface area contributed by atoms with Crippen LogP contribution in [0.15, 0.2) is 0 Å². The van der Waals surface area contributed by atoms with Crippen LogP contribution in [0.4, 0.5) is 0 Å². The van der Waals surface area contributed by atoms with Gasteiger partial charge in [0.1, 0.15) is 0 Å². The van der Waals surface area contributed by atoms with Crippen molar-refractivity contribution < 1.29 is 0 Å². The van der Waals surface area contributed by atoms with E-state index in [1.54, 1.807) is 0 Å². The smallest absolute Gasteiger partial charge is 0.0390 e. The maximum atomic E-state index is 4.02. The van der Waals surface area contributed by atoms with Gasteiger partial charge < -0.3 is 0 Å². The highest BCUT2D eigenvalue weighted by molar-refractivity contribution is 8.14. The summed E-state index contributed by atoms with van der Waals surface area (Å²) in [6.45, 7) is 2.26. The lowest BCUT2D eigenvalue weighted by Gasteiger charge is -2.10. The molecule has 0 N–H and O–H groups in total. The zero-order chi connectivity index (χ0) is 6.15. The van der Waals surface area contributed by atoms with Crippen LogP contribution in [0.2, 0.25) is 0 Å². The second-order valence-electron chi connectivity index (χ2n) is 2.51. The van der Waals surface area contributed by atoms with Crippen molar-refractivity contribution in [1.29, 1.82) is 0 Å². The summed E-state index contributed by atoms with van der Waals surface area (Å²) in [5.74, 6) is 6.54. The average Bonchev–Trinajstić information content (AvgIpc) is 1.85. The average molecular weight is 131 g/mol. The molecule has 1 nitrogen and oxygen atoms in total. The minimum atomic E-state index is 0.443. The molecule has 0 radical (unpaired) electrons. The fourth-order valence-corrected chi connectivity index (χ4v) is 2.81. The standard InChI is InChI=1S/C6H13NS/c1-6-4-8(3)5-7(6)2/h6H,3-5H2,1-2H3. The van der Waals surface area contributed by atoms with Crippen LogP contribution >= 0.6 is 10.5 Å². The third kappa shape index (κ3) is 1.12. The highest BCUT2D eigenvalue weighted by atomic mass is 32.2. The molecule has 1 saturated heterocycles. The minimum Gasteiger partial charge on any atom is -0.294 e. The fourth-order valence-electron chi connectivity index (χ4n) is 0.936. The van der Waals surface area contributed by atoms with Crippen molar-refractivity contribution in [3.8, 4) is 0 Å². The van der Waals surface area contributed by atoms with E-state index in [9.17, 15) is 0 Å². The number of rotatable bonds is 0. The van der Waals surface area contributed by atoms with E-state index >= 15 is 0 Å². The molecule has 48 valence electrons. The normalized spacial score (nSPS) is 40.8. The molecule has 0 saturated carbocycles. The second-order valence-corrected chi connectivity index (χ2v) is 4.33. The summed E-state index contributed by atoms with van der Waals surface area (Å²) in [6, 6.07) is 0.774. The van der Waals surface area contributed by atoms with Gasteiger partial charge in [-0.2, -0.15) is 10.5 Å². The Bertz CT molecular complexity index is 99.1. The molecule has 1 rings (SSSR count). The summed E-state index contributed by atoms with van der Waals surface area (Å²) in [4.78, 5) is 2.37. The van der Waals surface area contributed by atoms with Gasteiger partial charge in [0.2, 0.25) is 0 Å². The van der Waals surface area contributed by atoms with Crippen LogP contribution < -0.4 is 0 Å². The van der Waals surface area contributed by atoms with Crippen molar-refractivity contribution in [1.82, 2.24) is 4.90 Å². The topological polar surface area (TPSA) is 3.24 Å². The lowest BCUT2D eigenvalue weighted by atomic mass is 10.4. The maximum absolute atomic E-state index is 4.02. The summed E-state index contributed by atoms with van der Waals surface area (Å²) in [6.07, 6.45) is 0. The van der Waals surface area contributed by atoms with Crippen molar-refractivity contribution in [3.63, 3.8) is 0 Å². The molecule has 2 atom stereocenters. The number of hydrogen-bond acceptors (Lipinski definition) is 1. The number of nitrogens with zero attached hydrogens (tertiary/aromatic N) is 1. The van der Waals surface area contributed by atoms with Crippen LogP contribution in [0.3, 0.4) is 0 Å². The van der Waals surface area contributed by atoms with E-state index in [4.69, 9.17) is 0 Å². The Kier molecular flexibility index (Phi) is 1.73. The Morgan fingerprint density at radius 3 is 2.50 bits per heavy atom. The van der Waals surface area contributed by atoms with Gasteiger partial charge in [0.05, 0.1) is 0 Å². The molecule has 1 aliphatic rings. The van der Waals surface area contributed by atoms with Crippen LogP contribution in [-0.4, -0.2) is 35.5 Å². The van der Waals surface area contributed by atoms with Crippen LogP contribution in [0.25, 0.3) is 0 Å². The Morgan fingerprint density at radius 1 is 1.75 bits per heavy atom. The van der Waals surface area contributed by atoms with Gasteiger partial charge in [-0.15, -0.1) is 0 Å². The minimum absolute atomic E-state index is 0.443. The van der Waals surface area contributed by atoms with Gasteiger partial charge in [-0.3, -0.25) is 4.90 Å². The van der Waals surface area contributed by atoms with E-state index in [0.717, 1.165) is 6.04 Å². The van der Waals surface area contributed by atoms with Gasteiger partial charge in [-0.05, 0) is 14.0 Å². The van der Waals surface area contributed by atoms with Gasteiger partial charge in [-0.1, -0.05) is 5.87 Å². The van der Waals surface area contributed by atoms with E-state index in [1.165, 1.54) is 11.6 Å². The molecule has 2 unspecified atom stereocenters. The van der Waals surface area contributed by atoms with Gasteiger partial charge in [-0.25, -0.2) is 0 Å². The Balaban J connectivity index is 2.51. The zero-order valence-corrected chi connectivity index (χ0v) is 6.37. The molecule has 1 fully saturated rings. The molecule has 1 heterocycles. The predicted octanol–water partition coefficient (Wildman–Crippen LogP) is 0.979. The zero-order valence-electron chi connectivity index (χ0n) is 5.55. The first-order chi connectivity index (χ1) is 3.70. The maximum Gasteiger partial charge on any atom is 0.0390 e. The van der Waals surface area contributed by atoms with E-state index in [0.29, 0.717) is 10.5 Å². The van der Waals surface area contributed by atoms with Crippen LogP contribution in [0, 0.1) is 0 Å². The van der Waals surface area contributed by atoms with E-state index < -0.39 is 0 Å². The Hall–Kier alpha value is 0.180. The summed E-state index contributed by atoms with van der Waals surface area (Å²) in [7, 11) is 2.61. The van der Waals surface area contributed by atoms with Gasteiger partial charge in [0.25, 0.3) is 0 Å². The molecule has 0 aromatic rings. The molecule has 0 aromatic heterocycles. The summed E-state index contributed by atoms with van der Waals surface area (Å²) >= 11 is 0. The first kappa shape index (κ1) is 6.30. The van der Waals surface area contributed by atoms with Crippen molar-refractivity contribution >= 4 is 16.4 Å². The van der Waals surface area contributed by atoms with Crippen molar-refractivity contribution in [3.05, 3.63) is 0 Å². The van der Waals surface area contributed by atoms with E-state index in [1.807, 2.05) is 0 Å². The lowest BCUT2D eigenvalue weighted by molar-refractivity contribution is 0.344. The van der Waals surface area contributed by atoms with Gasteiger partial charge >= 0.3 is 0 Å². The number of hydrogen-bond donors (Lipinski definition) is 0. The molecule has 0 amide bonds. The lowest BCUT2D eigenvalue weighted by Crippen LogP contribution is -2.22. The van der Waals surface area contributed by atoms with E-state index in [2.05, 4.69) is 24.7 Å². The SMILES string of the molecule is C=S1CC(C)N(C)C1. The van der Waals surface area contributed by atoms with Crippen LogP contribution in [-0.2, 0) is 0 Å². The first-order valence-corrected chi connectivity index (χ1v) is 4.61. The first-order valence-electron chi connectivity index (χ1n) is 2.87. The Morgan fingerprint density at radius 2 is 2.38 bits per heavy atom. The molecule has 1 aliphatic heterocycles. The highest BCUT2D eigenvalue weighted by Gasteiger charge is 2.17. The van der Waals surface area contributed by atoms with Crippen molar-refractivity contribution in [2.24, 2.45) is 0 Å². The summed E-state index contributed by atoms with van der Waals surface area (Å²) in [5.41, 5.74) is 0. The molecule has 0 spiro atoms. The molecule has 0 aliphatic carbocycles. The third-order valence-corrected chi connectivity index (χ3v) is 3.34. The largest absolute Gasteiger partial charge is 0.294 e. The summed E-state index contributed by atoms with van der Waals surface area (Å²) in [5, 5.41) is 0. The van der Waals surface area contributed by atoms with Gasteiger partial charge in [0, 0.05) is 17.7 Å². The second kappa shape index (κ2) is 2.19. The van der Waals surface area contributed by atoms with Crippen LogP contribution in [0.5, 0.6) is 0 Å². The van der Waals surface area contributed by atoms with E-state index in [-0.39, 0.29) is 0 Å². The molecule has 2 heteroatoms. The Labute approximate surface area is 53.6 Å². The fraction of sp³-hybridized carbons (Fsp3) is 0.833. The third-order valence-electron chi connectivity index (χ3n) is 1.62. The van der Waals surface area contributed by atoms with Crippen LogP contribution in [0.1, 0.15) is 6.92 Å². The van der Waals surface area contributed by atoms with Crippen molar-refractivity contribution in [2.45, 2.75) is 13.0 Å². The highest BCUT2D eigenvalue weighted by Crippen LogP contribution is 2.22. The van der Waals surface area contributed by atoms with Crippen molar-refractivity contribution in [2.75, 3.05) is 18.7 Å². The quantitative estimate of drug-likeness (QED) is 0.443. The monoisotopic (exact) mass is 131 g/mol. The predicted molar refractivity (Wildman–Crippen MR) is 41.7 cm³/mol. The molecule has 0 bridgehead atoms. The summed E-state index contributed by atoms with van der Waals surface area (Å²) < 4.78 is 0. The molecular formula is C6H13NS. The molecule has 8 heavy (non-hydrogen) atoms. The molecular weight excluding hydrogens is 118 g/mol.